The average molecular weight is 360 g/mol. The Bertz CT molecular complexity index is 577. The number of amides is 1. The summed E-state index contributed by atoms with van der Waals surface area (Å²) in [5.41, 5.74) is 0.986. The van der Waals surface area contributed by atoms with Gasteiger partial charge in [-0.3, -0.25) is 9.80 Å². The molecule has 1 aromatic carbocycles. The van der Waals surface area contributed by atoms with E-state index in [1.54, 1.807) is 0 Å². The predicted molar refractivity (Wildman–Crippen MR) is 104 cm³/mol. The first kappa shape index (κ1) is 19.2. The number of carbonyl (C=O) groups is 1. The number of rotatable bonds is 4. The average Bonchev–Trinajstić information content (AvgIpc) is 3.02. The van der Waals surface area contributed by atoms with Crippen molar-refractivity contribution >= 4 is 6.09 Å². The summed E-state index contributed by atoms with van der Waals surface area (Å²) in [7, 11) is 0. The van der Waals surface area contributed by atoms with Crippen LogP contribution >= 0.6 is 0 Å². The summed E-state index contributed by atoms with van der Waals surface area (Å²) in [6.07, 6.45) is 1.10. The van der Waals surface area contributed by atoms with Crippen LogP contribution in [0.3, 0.4) is 0 Å². The van der Waals surface area contributed by atoms with Crippen molar-refractivity contribution in [1.29, 1.82) is 0 Å². The number of carbonyl (C=O) groups excluding carboxylic acids is 1. The molecular formula is C21H33N3O2. The van der Waals surface area contributed by atoms with Gasteiger partial charge in [-0.2, -0.15) is 0 Å². The van der Waals surface area contributed by atoms with E-state index in [2.05, 4.69) is 40.1 Å². The van der Waals surface area contributed by atoms with Gasteiger partial charge in [0.2, 0.25) is 0 Å². The highest BCUT2D eigenvalue weighted by atomic mass is 16.6. The van der Waals surface area contributed by atoms with Crippen molar-refractivity contribution < 1.29 is 9.53 Å². The van der Waals surface area contributed by atoms with Crippen LogP contribution in [0.15, 0.2) is 30.3 Å². The summed E-state index contributed by atoms with van der Waals surface area (Å²) < 4.78 is 5.48. The molecule has 0 spiro atoms. The summed E-state index contributed by atoms with van der Waals surface area (Å²) in [5, 5.41) is 0. The van der Waals surface area contributed by atoms with Crippen LogP contribution in [0.1, 0.15) is 32.8 Å². The molecule has 2 aliphatic rings. The third kappa shape index (κ3) is 5.71. The molecule has 0 N–H and O–H groups in total. The minimum atomic E-state index is -0.416. The molecule has 1 amide bonds. The largest absolute Gasteiger partial charge is 0.444 e. The van der Waals surface area contributed by atoms with Gasteiger partial charge < -0.3 is 9.64 Å². The third-order valence-electron chi connectivity index (χ3n) is 5.16. The molecule has 2 fully saturated rings. The van der Waals surface area contributed by atoms with Crippen molar-refractivity contribution in [2.24, 2.45) is 5.92 Å². The predicted octanol–water partition coefficient (Wildman–Crippen LogP) is 3.06. The van der Waals surface area contributed by atoms with E-state index in [0.717, 1.165) is 45.2 Å². The van der Waals surface area contributed by atoms with E-state index in [1.807, 2.05) is 25.7 Å². The van der Waals surface area contributed by atoms with Crippen LogP contribution in [0, 0.1) is 5.92 Å². The minimum absolute atomic E-state index is 0.174. The maximum atomic E-state index is 12.2. The number of hydrogen-bond acceptors (Lipinski definition) is 4. The second-order valence-corrected chi connectivity index (χ2v) is 8.64. The molecule has 2 heterocycles. The zero-order valence-electron chi connectivity index (χ0n) is 16.5. The van der Waals surface area contributed by atoms with Crippen molar-refractivity contribution in [3.05, 3.63) is 35.9 Å². The van der Waals surface area contributed by atoms with Crippen molar-refractivity contribution in [3.8, 4) is 0 Å². The number of hydrogen-bond donors (Lipinski definition) is 0. The Balaban J connectivity index is 1.38. The second-order valence-electron chi connectivity index (χ2n) is 8.64. The van der Waals surface area contributed by atoms with E-state index in [0.29, 0.717) is 0 Å². The van der Waals surface area contributed by atoms with Gasteiger partial charge in [0.1, 0.15) is 5.60 Å². The third-order valence-corrected chi connectivity index (χ3v) is 5.16. The lowest BCUT2D eigenvalue weighted by atomic mass is 10.1. The maximum absolute atomic E-state index is 12.2. The van der Waals surface area contributed by atoms with Crippen LogP contribution in [0.2, 0.25) is 0 Å². The molecule has 5 nitrogen and oxygen atoms in total. The van der Waals surface area contributed by atoms with Crippen molar-refractivity contribution in [2.45, 2.75) is 39.3 Å². The first-order chi connectivity index (χ1) is 12.4. The number of benzene rings is 1. The van der Waals surface area contributed by atoms with Gasteiger partial charge in [-0.1, -0.05) is 30.3 Å². The molecule has 0 bridgehead atoms. The zero-order valence-corrected chi connectivity index (χ0v) is 16.5. The molecule has 1 unspecified atom stereocenters. The highest BCUT2D eigenvalue weighted by molar-refractivity contribution is 5.68. The summed E-state index contributed by atoms with van der Waals surface area (Å²) in [5.74, 6) is 0.742. The summed E-state index contributed by atoms with van der Waals surface area (Å²) >= 11 is 0. The Morgan fingerprint density at radius 3 is 2.38 bits per heavy atom. The van der Waals surface area contributed by atoms with Gasteiger partial charge in [0.15, 0.2) is 0 Å². The Kier molecular flexibility index (Phi) is 6.20. The van der Waals surface area contributed by atoms with E-state index >= 15 is 0 Å². The van der Waals surface area contributed by atoms with E-state index < -0.39 is 5.60 Å². The van der Waals surface area contributed by atoms with Crippen molar-refractivity contribution in [2.75, 3.05) is 45.8 Å². The molecule has 2 aliphatic heterocycles. The fourth-order valence-electron chi connectivity index (χ4n) is 3.85. The SMILES string of the molecule is CC(C)(C)OC(=O)N1CCN(CC2CCN(Cc3ccccc3)C2)CC1. The molecule has 2 saturated heterocycles. The molecule has 3 rings (SSSR count). The topological polar surface area (TPSA) is 36.0 Å². The molecule has 1 atom stereocenters. The van der Waals surface area contributed by atoms with Crippen molar-refractivity contribution in [3.63, 3.8) is 0 Å². The molecule has 0 saturated carbocycles. The summed E-state index contributed by atoms with van der Waals surface area (Å²) in [6, 6.07) is 10.7. The lowest BCUT2D eigenvalue weighted by Crippen LogP contribution is -2.51. The Morgan fingerprint density at radius 1 is 1.04 bits per heavy atom. The quantitative estimate of drug-likeness (QED) is 0.828. The number of nitrogens with zero attached hydrogens (tertiary/aromatic N) is 3. The summed E-state index contributed by atoms with van der Waals surface area (Å²) in [4.78, 5) is 19.1. The van der Waals surface area contributed by atoms with Crippen LogP contribution in [-0.4, -0.2) is 72.2 Å². The van der Waals surface area contributed by atoms with Gasteiger partial charge in [-0.05, 0) is 45.2 Å². The Labute approximate surface area is 157 Å². The Hall–Kier alpha value is -1.59. The van der Waals surface area contributed by atoms with Gasteiger partial charge in [-0.15, -0.1) is 0 Å². The normalized spacial score (nSPS) is 22.6. The van der Waals surface area contributed by atoms with E-state index in [-0.39, 0.29) is 6.09 Å². The minimum Gasteiger partial charge on any atom is -0.444 e. The van der Waals surface area contributed by atoms with E-state index in [1.165, 1.54) is 25.1 Å². The van der Waals surface area contributed by atoms with E-state index in [9.17, 15) is 4.79 Å². The van der Waals surface area contributed by atoms with Crippen LogP contribution in [0.5, 0.6) is 0 Å². The molecule has 26 heavy (non-hydrogen) atoms. The molecular weight excluding hydrogens is 326 g/mol. The van der Waals surface area contributed by atoms with Gasteiger partial charge in [0.05, 0.1) is 0 Å². The van der Waals surface area contributed by atoms with E-state index in [4.69, 9.17) is 4.74 Å². The number of ether oxygens (including phenoxy) is 1. The van der Waals surface area contributed by atoms with Crippen LogP contribution in [-0.2, 0) is 11.3 Å². The molecule has 0 aliphatic carbocycles. The van der Waals surface area contributed by atoms with Crippen LogP contribution < -0.4 is 0 Å². The second kappa shape index (κ2) is 8.40. The highest BCUT2D eigenvalue weighted by Crippen LogP contribution is 2.20. The molecule has 0 radical (unpaired) electrons. The smallest absolute Gasteiger partial charge is 0.410 e. The number of piperazine rings is 1. The molecule has 5 heteroatoms. The van der Waals surface area contributed by atoms with Gasteiger partial charge >= 0.3 is 6.09 Å². The first-order valence-corrected chi connectivity index (χ1v) is 9.85. The van der Waals surface area contributed by atoms with Gasteiger partial charge in [-0.25, -0.2) is 4.79 Å². The molecule has 144 valence electrons. The summed E-state index contributed by atoms with van der Waals surface area (Å²) in [6.45, 7) is 13.8. The molecule has 0 aromatic heterocycles. The van der Waals surface area contributed by atoms with Crippen LogP contribution in [0.4, 0.5) is 4.79 Å². The van der Waals surface area contributed by atoms with Gasteiger partial charge in [0.25, 0.3) is 0 Å². The standard InChI is InChI=1S/C21H33N3O2/c1-21(2,3)26-20(25)24-13-11-22(12-14-24)16-19-9-10-23(17-19)15-18-7-5-4-6-8-18/h4-8,19H,9-17H2,1-3H3. The fraction of sp³-hybridized carbons (Fsp3) is 0.667. The van der Waals surface area contributed by atoms with Crippen molar-refractivity contribution in [1.82, 2.24) is 14.7 Å². The monoisotopic (exact) mass is 359 g/mol. The number of likely N-dealkylation sites (tertiary alicyclic amines) is 1. The first-order valence-electron chi connectivity index (χ1n) is 9.85. The molecule has 1 aromatic rings. The Morgan fingerprint density at radius 2 is 1.73 bits per heavy atom. The van der Waals surface area contributed by atoms with Gasteiger partial charge in [0, 0.05) is 45.8 Å². The maximum Gasteiger partial charge on any atom is 0.410 e. The zero-order chi connectivity index (χ0) is 18.6. The lowest BCUT2D eigenvalue weighted by Gasteiger charge is -2.36. The fourth-order valence-corrected chi connectivity index (χ4v) is 3.85. The highest BCUT2D eigenvalue weighted by Gasteiger charge is 2.29. The van der Waals surface area contributed by atoms with Crippen LogP contribution in [0.25, 0.3) is 0 Å². The lowest BCUT2D eigenvalue weighted by molar-refractivity contribution is 0.0134.